The van der Waals surface area contributed by atoms with Gasteiger partial charge in [0.2, 0.25) is 0 Å². The molecule has 0 aromatic heterocycles. The van der Waals surface area contributed by atoms with E-state index in [1.807, 2.05) is 7.11 Å². The van der Waals surface area contributed by atoms with Crippen LogP contribution in [-0.2, 0) is 4.74 Å². The summed E-state index contributed by atoms with van der Waals surface area (Å²) >= 11 is 0. The van der Waals surface area contributed by atoms with Crippen LogP contribution in [0, 0.1) is 46.3 Å². The molecule has 1 heteroatoms. The van der Waals surface area contributed by atoms with Gasteiger partial charge in [0.05, 0.1) is 6.10 Å². The highest BCUT2D eigenvalue weighted by Gasteiger charge is 2.59. The van der Waals surface area contributed by atoms with Crippen molar-refractivity contribution in [2.75, 3.05) is 7.11 Å². The van der Waals surface area contributed by atoms with Gasteiger partial charge in [0.25, 0.3) is 0 Å². The lowest BCUT2D eigenvalue weighted by Gasteiger charge is -2.58. The zero-order valence-corrected chi connectivity index (χ0v) is 20.3. The number of hydrogen-bond acceptors (Lipinski definition) is 1. The van der Waals surface area contributed by atoms with Gasteiger partial charge in [-0.25, -0.2) is 0 Å². The van der Waals surface area contributed by atoms with Crippen molar-refractivity contribution >= 4 is 0 Å². The van der Waals surface area contributed by atoms with Crippen LogP contribution < -0.4 is 0 Å². The van der Waals surface area contributed by atoms with Crippen molar-refractivity contribution in [3.05, 3.63) is 11.6 Å². The molecule has 0 aromatic rings. The molecule has 1 unspecified atom stereocenters. The average Bonchev–Trinajstić information content (AvgIpc) is 3.04. The Morgan fingerprint density at radius 1 is 1.00 bits per heavy atom. The van der Waals surface area contributed by atoms with Gasteiger partial charge in [0.1, 0.15) is 0 Å². The molecular formula is C28H48O. The Bertz CT molecular complexity index is 605. The molecule has 0 amide bonds. The van der Waals surface area contributed by atoms with E-state index in [9.17, 15) is 0 Å². The van der Waals surface area contributed by atoms with E-state index in [2.05, 4.69) is 40.7 Å². The van der Waals surface area contributed by atoms with Crippen LogP contribution in [0.2, 0.25) is 0 Å². The smallest absolute Gasteiger partial charge is 0.0608 e. The van der Waals surface area contributed by atoms with E-state index in [4.69, 9.17) is 4.74 Å². The molecular weight excluding hydrogens is 352 g/mol. The molecule has 0 heterocycles. The summed E-state index contributed by atoms with van der Waals surface area (Å²) in [5.41, 5.74) is 2.85. The third-order valence-corrected chi connectivity index (χ3v) is 10.6. The summed E-state index contributed by atoms with van der Waals surface area (Å²) < 4.78 is 5.75. The molecule has 3 fully saturated rings. The van der Waals surface area contributed by atoms with Gasteiger partial charge in [-0.1, -0.05) is 65.5 Å². The van der Waals surface area contributed by atoms with E-state index < -0.39 is 0 Å². The van der Waals surface area contributed by atoms with Crippen molar-refractivity contribution < 1.29 is 4.74 Å². The first-order chi connectivity index (χ1) is 13.8. The molecule has 4 aliphatic carbocycles. The third kappa shape index (κ3) is 3.77. The topological polar surface area (TPSA) is 9.23 Å². The third-order valence-electron chi connectivity index (χ3n) is 10.6. The maximum atomic E-state index is 5.75. The average molecular weight is 401 g/mol. The van der Waals surface area contributed by atoms with Crippen LogP contribution in [0.25, 0.3) is 0 Å². The van der Waals surface area contributed by atoms with Crippen LogP contribution in [0.15, 0.2) is 11.6 Å². The van der Waals surface area contributed by atoms with Crippen molar-refractivity contribution in [1.29, 1.82) is 0 Å². The molecule has 4 rings (SSSR count). The summed E-state index contributed by atoms with van der Waals surface area (Å²) in [6.45, 7) is 12.7. The molecule has 0 aliphatic heterocycles. The number of fused-ring (bicyclic) bond motifs is 5. The van der Waals surface area contributed by atoms with Crippen LogP contribution in [-0.4, -0.2) is 13.2 Å². The van der Waals surface area contributed by atoms with Crippen molar-refractivity contribution in [2.45, 2.75) is 111 Å². The molecule has 0 bridgehead atoms. The number of hydrogen-bond donors (Lipinski definition) is 0. The lowest BCUT2D eigenvalue weighted by atomic mass is 9.47. The Kier molecular flexibility index (Phi) is 6.29. The highest BCUT2D eigenvalue weighted by molar-refractivity contribution is 5.25. The van der Waals surface area contributed by atoms with Crippen molar-refractivity contribution in [3.63, 3.8) is 0 Å². The van der Waals surface area contributed by atoms with Gasteiger partial charge in [0.15, 0.2) is 0 Å². The molecule has 4 aliphatic rings. The standard InChI is InChI=1S/C28H48O/c1-19(2)8-7-9-20(3)24-12-13-25-23-11-10-21-18-22(29-6)14-16-27(21,4)26(23)15-17-28(24,25)5/h10,19-20,22-26H,7-9,11-18H2,1-6H3/t20-,22+,23?,24-,25+,26+,27+,28-/m1/s1. The van der Waals surface area contributed by atoms with Gasteiger partial charge in [-0.3, -0.25) is 0 Å². The Hall–Kier alpha value is -0.300. The molecule has 3 saturated carbocycles. The second-order valence-corrected chi connectivity index (χ2v) is 12.4. The van der Waals surface area contributed by atoms with Gasteiger partial charge in [-0.2, -0.15) is 0 Å². The second kappa shape index (κ2) is 8.33. The van der Waals surface area contributed by atoms with E-state index in [1.165, 1.54) is 70.6 Å². The van der Waals surface area contributed by atoms with E-state index in [0.29, 0.717) is 16.9 Å². The van der Waals surface area contributed by atoms with Crippen LogP contribution >= 0.6 is 0 Å². The Labute approximate surface area is 181 Å². The van der Waals surface area contributed by atoms with Crippen molar-refractivity contribution in [2.24, 2.45) is 46.3 Å². The Balaban J connectivity index is 1.48. The molecule has 8 atom stereocenters. The Morgan fingerprint density at radius 3 is 2.52 bits per heavy atom. The lowest BCUT2D eigenvalue weighted by Crippen LogP contribution is -2.50. The summed E-state index contributed by atoms with van der Waals surface area (Å²) in [7, 11) is 1.91. The van der Waals surface area contributed by atoms with E-state index >= 15 is 0 Å². The SMILES string of the molecule is CO[C@H]1CC[C@@]2(C)C(=CCC3[C@@H]4CC[C@H]([C@H](C)CCCC(C)C)[C@@]4(C)CC[C@@H]32)C1. The summed E-state index contributed by atoms with van der Waals surface area (Å²) in [5.74, 6) is 5.63. The van der Waals surface area contributed by atoms with E-state index in [-0.39, 0.29) is 0 Å². The van der Waals surface area contributed by atoms with Gasteiger partial charge in [-0.15, -0.1) is 0 Å². The quantitative estimate of drug-likeness (QED) is 0.410. The van der Waals surface area contributed by atoms with Crippen LogP contribution in [0.4, 0.5) is 0 Å². The maximum Gasteiger partial charge on any atom is 0.0608 e. The first-order valence-corrected chi connectivity index (χ1v) is 13.0. The molecule has 0 spiro atoms. The predicted octanol–water partition coefficient (Wildman–Crippen LogP) is 8.04. The molecule has 0 radical (unpaired) electrons. The molecule has 1 nitrogen and oxygen atoms in total. The zero-order chi connectivity index (χ0) is 20.8. The lowest BCUT2D eigenvalue weighted by molar-refractivity contribution is -0.0601. The Morgan fingerprint density at radius 2 is 1.79 bits per heavy atom. The highest BCUT2D eigenvalue weighted by Crippen LogP contribution is 2.67. The molecule has 29 heavy (non-hydrogen) atoms. The normalized spacial score (nSPS) is 45.3. The summed E-state index contributed by atoms with van der Waals surface area (Å²) in [6.07, 6.45) is 18.7. The summed E-state index contributed by atoms with van der Waals surface area (Å²) in [4.78, 5) is 0. The van der Waals surface area contributed by atoms with Crippen LogP contribution in [0.1, 0.15) is 105 Å². The minimum Gasteiger partial charge on any atom is -0.381 e. The first kappa shape index (κ1) is 21.9. The number of rotatable bonds is 6. The van der Waals surface area contributed by atoms with Gasteiger partial charge < -0.3 is 4.74 Å². The largest absolute Gasteiger partial charge is 0.381 e. The molecule has 0 saturated heterocycles. The fourth-order valence-corrected chi connectivity index (χ4v) is 8.85. The van der Waals surface area contributed by atoms with Gasteiger partial charge in [-0.05, 0) is 97.7 Å². The summed E-state index contributed by atoms with van der Waals surface area (Å²) in [5, 5.41) is 0. The minimum absolute atomic E-state index is 0.472. The maximum absolute atomic E-state index is 5.75. The highest BCUT2D eigenvalue weighted by atomic mass is 16.5. The van der Waals surface area contributed by atoms with Gasteiger partial charge >= 0.3 is 0 Å². The first-order valence-electron chi connectivity index (χ1n) is 13.0. The fourth-order valence-electron chi connectivity index (χ4n) is 8.85. The summed E-state index contributed by atoms with van der Waals surface area (Å²) in [6, 6.07) is 0. The predicted molar refractivity (Wildman–Crippen MR) is 124 cm³/mol. The van der Waals surface area contributed by atoms with Crippen molar-refractivity contribution in [1.82, 2.24) is 0 Å². The molecule has 0 N–H and O–H groups in total. The monoisotopic (exact) mass is 400 g/mol. The minimum atomic E-state index is 0.472. The number of ether oxygens (including phenoxy) is 1. The zero-order valence-electron chi connectivity index (χ0n) is 20.3. The molecule has 0 aromatic carbocycles. The number of methoxy groups -OCH3 is 1. The van der Waals surface area contributed by atoms with Crippen LogP contribution in [0.3, 0.4) is 0 Å². The van der Waals surface area contributed by atoms with E-state index in [1.54, 1.807) is 5.57 Å². The number of allylic oxidation sites excluding steroid dienone is 1. The van der Waals surface area contributed by atoms with Gasteiger partial charge in [0, 0.05) is 7.11 Å². The fraction of sp³-hybridized carbons (Fsp3) is 0.929. The molecule has 166 valence electrons. The van der Waals surface area contributed by atoms with E-state index in [0.717, 1.165) is 35.5 Å². The van der Waals surface area contributed by atoms with Crippen LogP contribution in [0.5, 0.6) is 0 Å². The van der Waals surface area contributed by atoms with Crippen molar-refractivity contribution in [3.8, 4) is 0 Å². The second-order valence-electron chi connectivity index (χ2n) is 12.4.